The number of anilines is 1. The normalized spacial score (nSPS) is 10.7. The maximum absolute atomic E-state index is 13.1. The van der Waals surface area contributed by atoms with Crippen molar-refractivity contribution in [1.82, 2.24) is 4.98 Å². The first-order chi connectivity index (χ1) is 14.1. The number of pyridine rings is 1. The summed E-state index contributed by atoms with van der Waals surface area (Å²) in [5.74, 6) is 0.439. The van der Waals surface area contributed by atoms with E-state index in [0.29, 0.717) is 27.0 Å². The number of carbonyl (C=O) groups is 1. The second kappa shape index (κ2) is 8.11. The van der Waals surface area contributed by atoms with E-state index in [1.807, 2.05) is 48.5 Å². The molecule has 4 nitrogen and oxygen atoms in total. The molecule has 1 aromatic heterocycles. The number of hydrogen-bond donors (Lipinski definition) is 1. The van der Waals surface area contributed by atoms with Crippen molar-refractivity contribution in [3.63, 3.8) is 0 Å². The number of nitrogens with one attached hydrogen (secondary N) is 1. The third-order valence-corrected chi connectivity index (χ3v) is 5.18. The Kier molecular flexibility index (Phi) is 5.38. The van der Waals surface area contributed by atoms with Gasteiger partial charge in [0.1, 0.15) is 5.75 Å². The average molecular weight is 423 g/mol. The summed E-state index contributed by atoms with van der Waals surface area (Å²) in [6.45, 7) is 0. The summed E-state index contributed by atoms with van der Waals surface area (Å²) in [7, 11) is 1.62. The maximum Gasteiger partial charge on any atom is 0.256 e. The van der Waals surface area contributed by atoms with Crippen molar-refractivity contribution in [3.8, 4) is 17.0 Å². The Balaban J connectivity index is 1.81. The summed E-state index contributed by atoms with van der Waals surface area (Å²) in [5.41, 5.74) is 3.14. The predicted molar refractivity (Wildman–Crippen MR) is 118 cm³/mol. The van der Waals surface area contributed by atoms with Crippen LogP contribution in [0, 0.1) is 0 Å². The number of carbonyl (C=O) groups excluding carboxylic acids is 1. The molecule has 144 valence electrons. The predicted octanol–water partition coefficient (Wildman–Crippen LogP) is 6.47. The molecule has 0 saturated carbocycles. The standard InChI is InChI=1S/C23H16Cl2N2O2/c1-29-15-11-9-14(10-12-15)21-13-17(16-5-2-3-8-20(16)26-21)23(28)27-22-18(24)6-4-7-19(22)25/h2-13H,1H3,(H,27,28). The van der Waals surface area contributed by atoms with Crippen molar-refractivity contribution < 1.29 is 9.53 Å². The smallest absolute Gasteiger partial charge is 0.256 e. The van der Waals surface area contributed by atoms with E-state index in [1.54, 1.807) is 31.4 Å². The van der Waals surface area contributed by atoms with Crippen molar-refractivity contribution in [2.24, 2.45) is 0 Å². The van der Waals surface area contributed by atoms with E-state index in [-0.39, 0.29) is 5.91 Å². The summed E-state index contributed by atoms with van der Waals surface area (Å²) in [6, 6.07) is 21.9. The molecule has 0 bridgehead atoms. The molecular formula is C23H16Cl2N2O2. The fourth-order valence-corrected chi connectivity index (χ4v) is 3.56. The van der Waals surface area contributed by atoms with Crippen molar-refractivity contribution in [2.75, 3.05) is 12.4 Å². The van der Waals surface area contributed by atoms with Crippen molar-refractivity contribution in [2.45, 2.75) is 0 Å². The van der Waals surface area contributed by atoms with Gasteiger partial charge in [-0.15, -0.1) is 0 Å². The highest BCUT2D eigenvalue weighted by Crippen LogP contribution is 2.32. The molecule has 0 radical (unpaired) electrons. The molecule has 0 atom stereocenters. The lowest BCUT2D eigenvalue weighted by molar-refractivity contribution is 0.102. The number of benzene rings is 3. The molecule has 3 aromatic carbocycles. The Morgan fingerprint density at radius 3 is 2.31 bits per heavy atom. The Hall–Kier alpha value is -3.08. The van der Waals surface area contributed by atoms with Crippen LogP contribution < -0.4 is 10.1 Å². The molecule has 4 aromatic rings. The van der Waals surface area contributed by atoms with Gasteiger partial charge in [0.25, 0.3) is 5.91 Å². The zero-order chi connectivity index (χ0) is 20.4. The van der Waals surface area contributed by atoms with E-state index in [4.69, 9.17) is 32.9 Å². The number of ether oxygens (including phenoxy) is 1. The summed E-state index contributed by atoms with van der Waals surface area (Å²) in [6.07, 6.45) is 0. The minimum absolute atomic E-state index is 0.312. The van der Waals surface area contributed by atoms with Crippen LogP contribution in [0.15, 0.2) is 72.8 Å². The zero-order valence-corrected chi connectivity index (χ0v) is 17.0. The van der Waals surface area contributed by atoms with Crippen LogP contribution in [0.25, 0.3) is 22.2 Å². The summed E-state index contributed by atoms with van der Waals surface area (Å²) in [4.78, 5) is 17.9. The number of methoxy groups -OCH3 is 1. The fourth-order valence-electron chi connectivity index (χ4n) is 3.07. The lowest BCUT2D eigenvalue weighted by Crippen LogP contribution is -2.13. The number of hydrogen-bond acceptors (Lipinski definition) is 3. The quantitative estimate of drug-likeness (QED) is 0.409. The number of aromatic nitrogens is 1. The molecule has 0 saturated heterocycles. The first-order valence-corrected chi connectivity index (χ1v) is 9.62. The monoisotopic (exact) mass is 422 g/mol. The van der Waals surface area contributed by atoms with Gasteiger partial charge in [-0.1, -0.05) is 47.5 Å². The number of nitrogens with zero attached hydrogens (tertiary/aromatic N) is 1. The molecule has 1 heterocycles. The van der Waals surface area contributed by atoms with Crippen molar-refractivity contribution in [1.29, 1.82) is 0 Å². The van der Waals surface area contributed by atoms with Crippen LogP contribution in [-0.4, -0.2) is 18.0 Å². The van der Waals surface area contributed by atoms with Gasteiger partial charge in [0, 0.05) is 10.9 Å². The van der Waals surface area contributed by atoms with E-state index in [1.165, 1.54) is 0 Å². The van der Waals surface area contributed by atoms with Gasteiger partial charge < -0.3 is 10.1 Å². The van der Waals surface area contributed by atoms with Gasteiger partial charge in [-0.25, -0.2) is 4.98 Å². The lowest BCUT2D eigenvalue weighted by atomic mass is 10.0. The molecule has 0 aliphatic heterocycles. The number of fused-ring (bicyclic) bond motifs is 1. The number of para-hydroxylation sites is 2. The molecule has 6 heteroatoms. The molecule has 1 N–H and O–H groups in total. The van der Waals surface area contributed by atoms with E-state index >= 15 is 0 Å². The van der Waals surface area contributed by atoms with Gasteiger partial charge in [0.15, 0.2) is 0 Å². The largest absolute Gasteiger partial charge is 0.497 e. The number of halogens is 2. The second-order valence-corrected chi connectivity index (χ2v) is 7.17. The highest BCUT2D eigenvalue weighted by atomic mass is 35.5. The Morgan fingerprint density at radius 2 is 1.62 bits per heavy atom. The van der Waals surface area contributed by atoms with Gasteiger partial charge in [0.05, 0.1) is 39.6 Å². The van der Waals surface area contributed by atoms with Gasteiger partial charge in [-0.2, -0.15) is 0 Å². The van der Waals surface area contributed by atoms with Crippen LogP contribution >= 0.6 is 23.2 Å². The van der Waals surface area contributed by atoms with Gasteiger partial charge in [0.2, 0.25) is 0 Å². The number of amides is 1. The van der Waals surface area contributed by atoms with Crippen molar-refractivity contribution in [3.05, 3.63) is 88.4 Å². The molecule has 0 unspecified atom stereocenters. The molecule has 4 rings (SSSR count). The van der Waals surface area contributed by atoms with Crippen LogP contribution in [0.5, 0.6) is 5.75 Å². The lowest BCUT2D eigenvalue weighted by Gasteiger charge is -2.12. The Morgan fingerprint density at radius 1 is 0.931 bits per heavy atom. The highest BCUT2D eigenvalue weighted by molar-refractivity contribution is 6.40. The van der Waals surface area contributed by atoms with Crippen LogP contribution in [0.1, 0.15) is 10.4 Å². The van der Waals surface area contributed by atoms with Gasteiger partial charge in [-0.05, 0) is 48.5 Å². The molecular weight excluding hydrogens is 407 g/mol. The molecule has 0 fully saturated rings. The van der Waals surface area contributed by atoms with Crippen molar-refractivity contribution >= 4 is 45.7 Å². The highest BCUT2D eigenvalue weighted by Gasteiger charge is 2.16. The topological polar surface area (TPSA) is 51.2 Å². The number of rotatable bonds is 4. The first kappa shape index (κ1) is 19.2. The van der Waals surface area contributed by atoms with E-state index in [2.05, 4.69) is 5.32 Å². The molecule has 1 amide bonds. The zero-order valence-electron chi connectivity index (χ0n) is 15.4. The first-order valence-electron chi connectivity index (χ1n) is 8.86. The average Bonchev–Trinajstić information content (AvgIpc) is 2.75. The second-order valence-electron chi connectivity index (χ2n) is 6.35. The fraction of sp³-hybridized carbons (Fsp3) is 0.0435. The van der Waals surface area contributed by atoms with E-state index < -0.39 is 0 Å². The van der Waals surface area contributed by atoms with E-state index in [0.717, 1.165) is 22.2 Å². The SMILES string of the molecule is COc1ccc(-c2cc(C(=O)Nc3c(Cl)cccc3Cl)c3ccccc3n2)cc1. The van der Waals surface area contributed by atoms with Crippen LogP contribution in [-0.2, 0) is 0 Å². The molecule has 0 aliphatic carbocycles. The Bertz CT molecular complexity index is 1190. The third kappa shape index (κ3) is 3.90. The minimum Gasteiger partial charge on any atom is -0.497 e. The summed E-state index contributed by atoms with van der Waals surface area (Å²) >= 11 is 12.4. The summed E-state index contributed by atoms with van der Waals surface area (Å²) < 4.78 is 5.22. The van der Waals surface area contributed by atoms with E-state index in [9.17, 15) is 4.79 Å². The van der Waals surface area contributed by atoms with Crippen LogP contribution in [0.2, 0.25) is 10.0 Å². The van der Waals surface area contributed by atoms with Crippen LogP contribution in [0.4, 0.5) is 5.69 Å². The minimum atomic E-state index is -0.312. The maximum atomic E-state index is 13.1. The molecule has 0 aliphatic rings. The molecule has 29 heavy (non-hydrogen) atoms. The van der Waals surface area contributed by atoms with Crippen LogP contribution in [0.3, 0.4) is 0 Å². The Labute approximate surface area is 178 Å². The third-order valence-electron chi connectivity index (χ3n) is 4.55. The molecule has 0 spiro atoms. The summed E-state index contributed by atoms with van der Waals surface area (Å²) in [5, 5.41) is 4.32. The van der Waals surface area contributed by atoms with Gasteiger partial charge >= 0.3 is 0 Å². The van der Waals surface area contributed by atoms with Gasteiger partial charge in [-0.3, -0.25) is 4.79 Å².